The third kappa shape index (κ3) is 0.908. The summed E-state index contributed by atoms with van der Waals surface area (Å²) in [4.78, 5) is 0. The van der Waals surface area contributed by atoms with Crippen LogP contribution in [0.4, 0.5) is 0 Å². The summed E-state index contributed by atoms with van der Waals surface area (Å²) in [5.41, 5.74) is 0. The van der Waals surface area contributed by atoms with Gasteiger partial charge in [0.15, 0.2) is 5.03 Å². The monoisotopic (exact) mass is 121 g/mol. The molecule has 7 heavy (non-hydrogen) atoms. The maximum absolute atomic E-state index is 9.82. The zero-order valence-electron chi connectivity index (χ0n) is 3.25. The molecule has 0 spiro atoms. The average molecular weight is 121 g/mol. The maximum Gasteiger partial charge on any atom is 0.311 e. The second kappa shape index (κ2) is 0.988. The molecule has 0 saturated carbocycles. The van der Waals surface area contributed by atoms with E-state index >= 15 is 0 Å². The van der Waals surface area contributed by atoms with Gasteiger partial charge in [0.1, 0.15) is 0 Å². The quantitative estimate of drug-likeness (QED) is 0.449. The molecular weight excluding hydrogens is 118 g/mol. The number of hydrogen-bond acceptors (Lipinski definition) is 3. The topological polar surface area (TPSA) is 76.3 Å². The Balaban J connectivity index is 2.93. The van der Waals surface area contributed by atoms with E-state index < -0.39 is 10.1 Å². The summed E-state index contributed by atoms with van der Waals surface area (Å²) in [6.45, 7) is 0. The highest BCUT2D eigenvalue weighted by atomic mass is 32.2. The Morgan fingerprint density at radius 2 is 2.14 bits per heavy atom. The van der Waals surface area contributed by atoms with Gasteiger partial charge in [-0.05, 0) is 0 Å². The minimum atomic E-state index is -3.88. The summed E-state index contributed by atoms with van der Waals surface area (Å²) in [5.74, 6) is 0. The fraction of sp³-hybridized carbons (Fsp3) is 0. The summed E-state index contributed by atoms with van der Waals surface area (Å²) in [6.07, 6.45) is 1.20. The summed E-state index contributed by atoms with van der Waals surface area (Å²) in [5, 5.41) is 2.12. The molecule has 4 nitrogen and oxygen atoms in total. The third-order valence-corrected chi connectivity index (χ3v) is 1.33. The van der Waals surface area contributed by atoms with Gasteiger partial charge in [-0.2, -0.15) is 8.42 Å². The van der Waals surface area contributed by atoms with Gasteiger partial charge in [-0.15, -0.1) is 0 Å². The predicted molar refractivity (Wildman–Crippen MR) is 22.8 cm³/mol. The van der Waals surface area contributed by atoms with Gasteiger partial charge in [-0.1, -0.05) is 0 Å². The Bertz CT molecular complexity index is 201. The molecule has 40 valence electrons. The molecule has 0 bridgehead atoms. The van der Waals surface area contributed by atoms with Crippen LogP contribution in [-0.2, 0) is 10.1 Å². The Morgan fingerprint density at radius 1 is 1.71 bits per heavy atom. The second-order valence-corrected chi connectivity index (χ2v) is 2.52. The second-order valence-electron chi connectivity index (χ2n) is 1.13. The summed E-state index contributed by atoms with van der Waals surface area (Å²) in [7, 11) is -3.88. The van der Waals surface area contributed by atoms with Gasteiger partial charge in [0.2, 0.25) is 0 Å². The van der Waals surface area contributed by atoms with Gasteiger partial charge in [0.05, 0.1) is 0 Å². The van der Waals surface area contributed by atoms with Crippen molar-refractivity contribution in [1.82, 2.24) is 5.32 Å². The Kier molecular flexibility index (Phi) is 0.650. The van der Waals surface area contributed by atoms with E-state index in [0.717, 1.165) is 0 Å². The van der Waals surface area contributed by atoms with Crippen LogP contribution >= 0.6 is 0 Å². The minimum Gasteiger partial charge on any atom is -0.347 e. The molecule has 0 amide bonds. The first kappa shape index (κ1) is 4.61. The molecule has 0 aliphatic carbocycles. The zero-order valence-corrected chi connectivity index (χ0v) is 4.07. The van der Waals surface area contributed by atoms with Crippen molar-refractivity contribution < 1.29 is 13.0 Å². The molecule has 0 aromatic rings. The van der Waals surface area contributed by atoms with E-state index in [9.17, 15) is 8.42 Å². The Morgan fingerprint density at radius 3 is 2.14 bits per heavy atom. The van der Waals surface area contributed by atoms with E-state index in [1.165, 1.54) is 6.20 Å². The molecule has 0 saturated heterocycles. The van der Waals surface area contributed by atoms with E-state index in [4.69, 9.17) is 4.55 Å². The molecule has 1 heterocycles. The van der Waals surface area contributed by atoms with Gasteiger partial charge in [0.25, 0.3) is 0 Å². The Hall–Kier alpha value is -0.550. The zero-order chi connectivity index (χ0) is 5.49. The van der Waals surface area contributed by atoms with E-state index in [0.29, 0.717) is 0 Å². The number of rotatable bonds is 1. The van der Waals surface area contributed by atoms with Crippen LogP contribution in [0, 0.1) is 0 Å². The molecule has 1 aliphatic heterocycles. The van der Waals surface area contributed by atoms with Crippen molar-refractivity contribution >= 4 is 10.1 Å². The van der Waals surface area contributed by atoms with Crippen molar-refractivity contribution in [2.24, 2.45) is 0 Å². The van der Waals surface area contributed by atoms with Crippen LogP contribution in [-0.4, -0.2) is 13.0 Å². The first-order valence-corrected chi connectivity index (χ1v) is 2.99. The first-order chi connectivity index (χ1) is 3.11. The van der Waals surface area contributed by atoms with Crippen LogP contribution in [0.2, 0.25) is 0 Å². The minimum absolute atomic E-state index is 0.104. The molecule has 2 N–H and O–H groups in total. The SMILES string of the molecule is O=S(=O)(O)C1=CN1. The normalized spacial score (nSPS) is 17.6. The van der Waals surface area contributed by atoms with E-state index in [-0.39, 0.29) is 5.03 Å². The van der Waals surface area contributed by atoms with Crippen LogP contribution in [0.1, 0.15) is 0 Å². The van der Waals surface area contributed by atoms with Crippen LogP contribution in [0.15, 0.2) is 11.2 Å². The molecule has 0 unspecified atom stereocenters. The highest BCUT2D eigenvalue weighted by molar-refractivity contribution is 7.90. The van der Waals surface area contributed by atoms with Gasteiger partial charge >= 0.3 is 10.1 Å². The van der Waals surface area contributed by atoms with Gasteiger partial charge in [-0.25, -0.2) is 0 Å². The van der Waals surface area contributed by atoms with E-state index in [2.05, 4.69) is 5.32 Å². The van der Waals surface area contributed by atoms with Crippen LogP contribution < -0.4 is 5.32 Å². The lowest BCUT2D eigenvalue weighted by atomic mass is 11.3. The highest BCUT2D eigenvalue weighted by Gasteiger charge is 2.20. The number of hydrogen-bond donors (Lipinski definition) is 2. The highest BCUT2D eigenvalue weighted by Crippen LogP contribution is 2.07. The summed E-state index contributed by atoms with van der Waals surface area (Å²) in [6, 6.07) is 0. The van der Waals surface area contributed by atoms with Crippen molar-refractivity contribution in [1.29, 1.82) is 0 Å². The third-order valence-electron chi connectivity index (χ3n) is 0.540. The lowest BCUT2D eigenvalue weighted by Crippen LogP contribution is -1.97. The van der Waals surface area contributed by atoms with Crippen molar-refractivity contribution in [3.05, 3.63) is 11.2 Å². The summed E-state index contributed by atoms with van der Waals surface area (Å²) >= 11 is 0. The molecule has 5 heteroatoms. The van der Waals surface area contributed by atoms with Gasteiger partial charge in [-0.3, -0.25) is 4.55 Å². The molecule has 0 radical (unpaired) electrons. The fourth-order valence-electron chi connectivity index (χ4n) is 0.178. The molecule has 0 aromatic heterocycles. The largest absolute Gasteiger partial charge is 0.347 e. The summed E-state index contributed by atoms with van der Waals surface area (Å²) < 4.78 is 27.6. The average Bonchev–Trinajstić information content (AvgIpc) is 1.99. The van der Waals surface area contributed by atoms with Crippen LogP contribution in [0.25, 0.3) is 0 Å². The maximum atomic E-state index is 9.82. The molecule has 1 aliphatic rings. The van der Waals surface area contributed by atoms with Crippen LogP contribution in [0.5, 0.6) is 0 Å². The van der Waals surface area contributed by atoms with Gasteiger partial charge in [0, 0.05) is 6.20 Å². The van der Waals surface area contributed by atoms with Crippen LogP contribution in [0.3, 0.4) is 0 Å². The molecule has 0 fully saturated rings. The van der Waals surface area contributed by atoms with E-state index in [1.807, 2.05) is 0 Å². The van der Waals surface area contributed by atoms with Crippen molar-refractivity contribution in [2.45, 2.75) is 0 Å². The lowest BCUT2D eigenvalue weighted by Gasteiger charge is -1.78. The smallest absolute Gasteiger partial charge is 0.311 e. The lowest BCUT2D eigenvalue weighted by molar-refractivity contribution is 0.491. The molecule has 0 aromatic carbocycles. The fourth-order valence-corrected chi connectivity index (χ4v) is 0.535. The molecule has 1 rings (SSSR count). The van der Waals surface area contributed by atoms with Crippen molar-refractivity contribution in [3.63, 3.8) is 0 Å². The van der Waals surface area contributed by atoms with Crippen molar-refractivity contribution in [2.75, 3.05) is 0 Å². The van der Waals surface area contributed by atoms with Crippen molar-refractivity contribution in [3.8, 4) is 0 Å². The molecule has 0 atom stereocenters. The molecular formula is C2H3NO3S. The Labute approximate surface area is 40.6 Å². The first-order valence-electron chi connectivity index (χ1n) is 1.55. The number of nitrogens with one attached hydrogen (secondary N) is 1. The van der Waals surface area contributed by atoms with E-state index in [1.54, 1.807) is 0 Å². The standard InChI is InChI=1S/C2H3NO3S/c4-7(5,6)2-1-3-2/h1,3H,(H,4,5,6). The van der Waals surface area contributed by atoms with Gasteiger partial charge < -0.3 is 5.32 Å². The predicted octanol–water partition coefficient (Wildman–Crippen LogP) is -0.724.